The number of benzene rings is 1. The molecule has 1 aromatic carbocycles. The van der Waals surface area contributed by atoms with Crippen LogP contribution in [-0.4, -0.2) is 24.3 Å². The maximum Gasteiger partial charge on any atom is 0.333 e. The molecule has 1 aromatic rings. The molecule has 0 aliphatic heterocycles. The Hall–Kier alpha value is -1.67. The summed E-state index contributed by atoms with van der Waals surface area (Å²) in [6.07, 6.45) is 0.0648. The number of hydrogen-bond acceptors (Lipinski definition) is 4. The van der Waals surface area contributed by atoms with E-state index < -0.39 is 13.8 Å². The highest BCUT2D eigenvalue weighted by atomic mass is 31.1. The van der Waals surface area contributed by atoms with Gasteiger partial charge < -0.3 is 9.30 Å². The van der Waals surface area contributed by atoms with Crippen molar-refractivity contribution < 1.29 is 18.9 Å². The van der Waals surface area contributed by atoms with E-state index >= 15 is 0 Å². The van der Waals surface area contributed by atoms with Gasteiger partial charge in [0.25, 0.3) is 0 Å². The Morgan fingerprint density at radius 1 is 1.19 bits per heavy atom. The fraction of sp³-hybridized carbons (Fsp3) is 0.375. The zero-order chi connectivity index (χ0) is 16.2. The molecule has 0 bridgehead atoms. The van der Waals surface area contributed by atoms with Crippen LogP contribution in [0, 0.1) is 20.8 Å². The normalized spacial score (nSPS) is 11.8. The number of ether oxygens (including phenoxy) is 1. The van der Waals surface area contributed by atoms with E-state index in [1.165, 1.54) is 6.92 Å². The zero-order valence-electron chi connectivity index (χ0n) is 12.9. The third-order valence-corrected chi connectivity index (χ3v) is 4.48. The van der Waals surface area contributed by atoms with Crippen LogP contribution in [0.15, 0.2) is 24.3 Å². The second-order valence-corrected chi connectivity index (χ2v) is 6.99. The fourth-order valence-corrected chi connectivity index (χ4v) is 3.34. The van der Waals surface area contributed by atoms with Crippen molar-refractivity contribution in [2.24, 2.45) is 0 Å². The van der Waals surface area contributed by atoms with Crippen LogP contribution in [0.2, 0.25) is 0 Å². The van der Waals surface area contributed by atoms with Gasteiger partial charge in [0.2, 0.25) is 5.52 Å². The standard InChI is InChI=1S/C16H21O4P/c1-10(2)15(17)20-6-7-21(19)16(18)14-12(4)8-11(3)9-13(14)5/h8-9,21H,1,6-7H2,2-5H3. The van der Waals surface area contributed by atoms with E-state index in [4.69, 9.17) is 4.74 Å². The minimum atomic E-state index is -2.49. The summed E-state index contributed by atoms with van der Waals surface area (Å²) in [5.74, 6) is -0.528. The van der Waals surface area contributed by atoms with Gasteiger partial charge in [0.1, 0.15) is 7.80 Å². The van der Waals surface area contributed by atoms with Crippen molar-refractivity contribution in [2.75, 3.05) is 12.8 Å². The molecule has 4 nitrogen and oxygen atoms in total. The molecule has 5 heteroatoms. The lowest BCUT2D eigenvalue weighted by Gasteiger charge is -2.10. The lowest BCUT2D eigenvalue weighted by molar-refractivity contribution is -0.138. The molecule has 21 heavy (non-hydrogen) atoms. The van der Waals surface area contributed by atoms with Crippen LogP contribution in [-0.2, 0) is 14.1 Å². The molecule has 0 saturated carbocycles. The molecule has 0 aliphatic rings. The third-order valence-electron chi connectivity index (χ3n) is 3.07. The summed E-state index contributed by atoms with van der Waals surface area (Å²) >= 11 is 0. The van der Waals surface area contributed by atoms with Crippen LogP contribution in [0.4, 0.5) is 0 Å². The molecule has 0 saturated heterocycles. The van der Waals surface area contributed by atoms with Crippen molar-refractivity contribution in [3.8, 4) is 0 Å². The Morgan fingerprint density at radius 2 is 1.71 bits per heavy atom. The molecule has 0 N–H and O–H groups in total. The summed E-state index contributed by atoms with van der Waals surface area (Å²) < 4.78 is 17.0. The minimum Gasteiger partial charge on any atom is -0.462 e. The summed E-state index contributed by atoms with van der Waals surface area (Å²) in [5, 5.41) is 0. The van der Waals surface area contributed by atoms with Gasteiger partial charge in [0.15, 0.2) is 0 Å². The molecule has 1 rings (SSSR count). The molecule has 0 amide bonds. The van der Waals surface area contributed by atoms with Gasteiger partial charge in [-0.15, -0.1) is 0 Å². The average molecular weight is 308 g/mol. The van der Waals surface area contributed by atoms with Gasteiger partial charge in [-0.05, 0) is 38.8 Å². The van der Waals surface area contributed by atoms with Crippen molar-refractivity contribution in [3.63, 3.8) is 0 Å². The smallest absolute Gasteiger partial charge is 0.333 e. The first-order chi connectivity index (χ1) is 9.73. The molecular formula is C16H21O4P. The maximum atomic E-state index is 12.3. The Morgan fingerprint density at radius 3 is 2.19 bits per heavy atom. The largest absolute Gasteiger partial charge is 0.462 e. The van der Waals surface area contributed by atoms with E-state index in [2.05, 4.69) is 6.58 Å². The van der Waals surface area contributed by atoms with Crippen LogP contribution in [0.5, 0.6) is 0 Å². The third kappa shape index (κ3) is 4.68. The molecule has 1 unspecified atom stereocenters. The molecule has 0 fully saturated rings. The second-order valence-electron chi connectivity index (χ2n) is 5.19. The summed E-state index contributed by atoms with van der Waals surface area (Å²) in [5.41, 5.74) is 3.18. The Bertz CT molecular complexity index is 594. The first-order valence-electron chi connectivity index (χ1n) is 6.72. The first kappa shape index (κ1) is 17.4. The van der Waals surface area contributed by atoms with E-state index in [1.54, 1.807) is 0 Å². The molecule has 0 aromatic heterocycles. The minimum absolute atomic E-state index is 0.0286. The topological polar surface area (TPSA) is 60.4 Å². The maximum absolute atomic E-state index is 12.3. The van der Waals surface area contributed by atoms with Gasteiger partial charge in [-0.2, -0.15) is 0 Å². The van der Waals surface area contributed by atoms with Crippen LogP contribution in [0.25, 0.3) is 0 Å². The van der Waals surface area contributed by atoms with E-state index in [0.717, 1.165) is 16.7 Å². The molecule has 0 spiro atoms. The van der Waals surface area contributed by atoms with Gasteiger partial charge in [-0.25, -0.2) is 4.79 Å². The Labute approximate surface area is 126 Å². The lowest BCUT2D eigenvalue weighted by Crippen LogP contribution is -2.10. The van der Waals surface area contributed by atoms with Gasteiger partial charge in [-0.1, -0.05) is 24.3 Å². The van der Waals surface area contributed by atoms with Crippen LogP contribution in [0.3, 0.4) is 0 Å². The quantitative estimate of drug-likeness (QED) is 0.459. The SMILES string of the molecule is C=C(C)C(=O)OCC[PH](=O)C(=O)c1c(C)cc(C)cc1C. The Kier molecular flexibility index (Phi) is 6.10. The van der Waals surface area contributed by atoms with Crippen molar-refractivity contribution in [3.05, 3.63) is 46.5 Å². The van der Waals surface area contributed by atoms with Crippen molar-refractivity contribution in [1.29, 1.82) is 0 Å². The van der Waals surface area contributed by atoms with Gasteiger partial charge in [-0.3, -0.25) is 4.79 Å². The number of carbonyl (C=O) groups excluding carboxylic acids is 2. The molecule has 0 aliphatic carbocycles. The van der Waals surface area contributed by atoms with Crippen molar-refractivity contribution in [1.82, 2.24) is 0 Å². The van der Waals surface area contributed by atoms with E-state index in [-0.39, 0.29) is 23.9 Å². The highest BCUT2D eigenvalue weighted by molar-refractivity contribution is 7.64. The van der Waals surface area contributed by atoms with Crippen LogP contribution >= 0.6 is 7.80 Å². The van der Waals surface area contributed by atoms with Gasteiger partial charge >= 0.3 is 5.97 Å². The molecule has 0 radical (unpaired) electrons. The van der Waals surface area contributed by atoms with Crippen LogP contribution in [0.1, 0.15) is 34.0 Å². The Balaban J connectivity index is 2.74. The summed E-state index contributed by atoms with van der Waals surface area (Å²) in [7, 11) is -2.49. The van der Waals surface area contributed by atoms with Gasteiger partial charge in [0, 0.05) is 17.3 Å². The van der Waals surface area contributed by atoms with Crippen LogP contribution < -0.4 is 0 Å². The lowest BCUT2D eigenvalue weighted by atomic mass is 10.0. The number of hydrogen-bond donors (Lipinski definition) is 0. The first-order valence-corrected chi connectivity index (χ1v) is 8.33. The molecule has 1 atom stereocenters. The molecule has 114 valence electrons. The number of esters is 1. The average Bonchev–Trinajstić information content (AvgIpc) is 2.36. The van der Waals surface area contributed by atoms with E-state index in [0.29, 0.717) is 5.56 Å². The summed E-state index contributed by atoms with van der Waals surface area (Å²) in [4.78, 5) is 23.5. The monoisotopic (exact) mass is 308 g/mol. The van der Waals surface area contributed by atoms with Crippen molar-refractivity contribution in [2.45, 2.75) is 27.7 Å². The highest BCUT2D eigenvalue weighted by Crippen LogP contribution is 2.30. The van der Waals surface area contributed by atoms with E-state index in [9.17, 15) is 14.2 Å². The van der Waals surface area contributed by atoms with Gasteiger partial charge in [0.05, 0.1) is 6.61 Å². The number of aryl methyl sites for hydroxylation is 3. The fourth-order valence-electron chi connectivity index (χ4n) is 2.15. The molecule has 0 heterocycles. The predicted octanol–water partition coefficient (Wildman–Crippen LogP) is 3.43. The number of carbonyl (C=O) groups is 2. The molecular weight excluding hydrogens is 287 g/mol. The van der Waals surface area contributed by atoms with E-state index in [1.807, 2.05) is 32.9 Å². The summed E-state index contributed by atoms with van der Waals surface area (Å²) in [6, 6.07) is 3.80. The zero-order valence-corrected chi connectivity index (χ0v) is 13.9. The summed E-state index contributed by atoms with van der Waals surface area (Å²) in [6.45, 7) is 10.6. The van der Waals surface area contributed by atoms with Crippen molar-refractivity contribution >= 4 is 19.3 Å². The second kappa shape index (κ2) is 7.37. The predicted molar refractivity (Wildman–Crippen MR) is 84.6 cm³/mol. The number of rotatable bonds is 6. The highest BCUT2D eigenvalue weighted by Gasteiger charge is 2.19.